The van der Waals surface area contributed by atoms with Gasteiger partial charge in [-0.1, -0.05) is 36.4 Å². The van der Waals surface area contributed by atoms with Gasteiger partial charge in [-0.05, 0) is 84.8 Å². The largest absolute Gasteiger partial charge is 0.508 e. The van der Waals surface area contributed by atoms with E-state index in [1.54, 1.807) is 29.2 Å². The number of benzene rings is 3. The highest BCUT2D eigenvalue weighted by atomic mass is 32.2. The van der Waals surface area contributed by atoms with Crippen molar-refractivity contribution in [3.05, 3.63) is 94.4 Å². The summed E-state index contributed by atoms with van der Waals surface area (Å²) in [6.07, 6.45) is 1.79. The second-order valence-corrected chi connectivity index (χ2v) is 7.93. The monoisotopic (exact) mass is 400 g/mol. The molecular weight excluding hydrogens is 380 g/mol. The Hall–Kier alpha value is -3.31. The van der Waals surface area contributed by atoms with Crippen LogP contribution in [-0.4, -0.2) is 16.2 Å². The van der Waals surface area contributed by atoms with E-state index < -0.39 is 0 Å². The van der Waals surface area contributed by atoms with E-state index in [1.807, 2.05) is 68.4 Å². The first-order valence-electron chi connectivity index (χ1n) is 9.25. The fraction of sp³-hybridized carbons (Fsp3) is 0.0833. The van der Waals surface area contributed by atoms with Gasteiger partial charge >= 0.3 is 0 Å². The maximum Gasteiger partial charge on any atom is 0.271 e. The zero-order valence-electron chi connectivity index (χ0n) is 16.2. The van der Waals surface area contributed by atoms with Gasteiger partial charge in [0.15, 0.2) is 5.17 Å². The zero-order valence-corrected chi connectivity index (χ0v) is 17.0. The second kappa shape index (κ2) is 7.97. The summed E-state index contributed by atoms with van der Waals surface area (Å²) < 4.78 is 0. The molecule has 0 aromatic heterocycles. The van der Waals surface area contributed by atoms with Crippen molar-refractivity contribution in [3.63, 3.8) is 0 Å². The molecule has 0 radical (unpaired) electrons. The molecule has 0 saturated carbocycles. The average Bonchev–Trinajstić information content (AvgIpc) is 2.97. The number of amidine groups is 1. The van der Waals surface area contributed by atoms with Crippen molar-refractivity contribution in [2.24, 2.45) is 4.99 Å². The Morgan fingerprint density at radius 1 is 0.931 bits per heavy atom. The molecule has 0 bridgehead atoms. The number of rotatable bonds is 3. The first-order chi connectivity index (χ1) is 14.0. The Morgan fingerprint density at radius 2 is 1.66 bits per heavy atom. The van der Waals surface area contributed by atoms with E-state index in [4.69, 9.17) is 4.99 Å². The van der Waals surface area contributed by atoms with Gasteiger partial charge < -0.3 is 5.11 Å². The van der Waals surface area contributed by atoms with Crippen LogP contribution in [0.15, 0.2) is 82.7 Å². The fourth-order valence-corrected chi connectivity index (χ4v) is 4.12. The summed E-state index contributed by atoms with van der Waals surface area (Å²) in [5, 5.41) is 10.3. The lowest BCUT2D eigenvalue weighted by molar-refractivity contribution is -0.113. The molecule has 1 aliphatic rings. The van der Waals surface area contributed by atoms with Crippen LogP contribution in [0.5, 0.6) is 5.75 Å². The number of thioether (sulfide) groups is 1. The molecule has 1 saturated heterocycles. The summed E-state index contributed by atoms with van der Waals surface area (Å²) in [4.78, 5) is 20.2. The van der Waals surface area contributed by atoms with Gasteiger partial charge in [-0.3, -0.25) is 9.69 Å². The van der Waals surface area contributed by atoms with Gasteiger partial charge in [-0.25, -0.2) is 4.99 Å². The minimum Gasteiger partial charge on any atom is -0.508 e. The first-order valence-corrected chi connectivity index (χ1v) is 10.1. The van der Waals surface area contributed by atoms with Gasteiger partial charge in [-0.15, -0.1) is 0 Å². The first kappa shape index (κ1) is 19.0. The summed E-state index contributed by atoms with van der Waals surface area (Å²) >= 11 is 1.33. The molecule has 144 valence electrons. The van der Waals surface area contributed by atoms with Crippen LogP contribution in [0.4, 0.5) is 11.4 Å². The molecule has 0 unspecified atom stereocenters. The molecule has 0 aliphatic carbocycles. The predicted octanol–water partition coefficient (Wildman–Crippen LogP) is 5.82. The lowest BCUT2D eigenvalue weighted by Crippen LogP contribution is -2.28. The number of carbonyl (C=O) groups is 1. The molecule has 1 aliphatic heterocycles. The third-order valence-electron chi connectivity index (χ3n) is 4.46. The number of aliphatic imine (C=N–C) groups is 1. The standard InChI is InChI=1S/C24H20N2O2S/c1-16-6-3-9-19(12-16)25-24-26(20-10-4-7-17(2)13-20)23(28)22(29-24)15-18-8-5-11-21(27)14-18/h3-15,27H,1-2H3/b22-15+,25-24?. The normalized spacial score (nSPS) is 16.8. The average molecular weight is 401 g/mol. The molecule has 4 rings (SSSR count). The van der Waals surface area contributed by atoms with Crippen LogP contribution >= 0.6 is 11.8 Å². The SMILES string of the molecule is Cc1cccc(N=C2S/C(=C/c3cccc(O)c3)C(=O)N2c2cccc(C)c2)c1. The summed E-state index contributed by atoms with van der Waals surface area (Å²) in [5.74, 6) is 0.0364. The molecule has 3 aromatic carbocycles. The van der Waals surface area contributed by atoms with Crippen LogP contribution in [0.1, 0.15) is 16.7 Å². The Kier molecular flexibility index (Phi) is 5.23. The number of carbonyl (C=O) groups excluding carboxylic acids is 1. The predicted molar refractivity (Wildman–Crippen MR) is 121 cm³/mol. The Bertz CT molecular complexity index is 1150. The minimum atomic E-state index is -0.129. The van der Waals surface area contributed by atoms with Crippen LogP contribution < -0.4 is 4.90 Å². The molecule has 1 amide bonds. The smallest absolute Gasteiger partial charge is 0.271 e. The third-order valence-corrected chi connectivity index (χ3v) is 5.43. The molecule has 3 aromatic rings. The highest BCUT2D eigenvalue weighted by Gasteiger charge is 2.34. The topological polar surface area (TPSA) is 52.9 Å². The van der Waals surface area contributed by atoms with E-state index in [-0.39, 0.29) is 11.7 Å². The zero-order chi connectivity index (χ0) is 20.4. The van der Waals surface area contributed by atoms with Gasteiger partial charge in [0.05, 0.1) is 16.3 Å². The van der Waals surface area contributed by atoms with E-state index in [9.17, 15) is 9.90 Å². The van der Waals surface area contributed by atoms with Crippen molar-refractivity contribution in [1.29, 1.82) is 0 Å². The molecule has 1 fully saturated rings. The number of hydrogen-bond donors (Lipinski definition) is 1. The number of phenols is 1. The summed E-state index contributed by atoms with van der Waals surface area (Å²) in [7, 11) is 0. The Labute approximate surface area is 174 Å². The number of amides is 1. The number of phenolic OH excluding ortho intramolecular Hbond substituents is 1. The molecule has 1 heterocycles. The lowest BCUT2D eigenvalue weighted by atomic mass is 10.2. The van der Waals surface area contributed by atoms with Crippen molar-refractivity contribution in [3.8, 4) is 5.75 Å². The Balaban J connectivity index is 1.80. The highest BCUT2D eigenvalue weighted by molar-refractivity contribution is 8.19. The quantitative estimate of drug-likeness (QED) is 0.564. The van der Waals surface area contributed by atoms with E-state index in [2.05, 4.69) is 0 Å². The van der Waals surface area contributed by atoms with E-state index >= 15 is 0 Å². The molecule has 0 spiro atoms. The molecule has 0 atom stereocenters. The molecule has 1 N–H and O–H groups in total. The summed E-state index contributed by atoms with van der Waals surface area (Å²) in [6, 6.07) is 22.6. The second-order valence-electron chi connectivity index (χ2n) is 6.92. The van der Waals surface area contributed by atoms with E-state index in [0.717, 1.165) is 28.1 Å². The number of aryl methyl sites for hydroxylation is 2. The number of hydrogen-bond acceptors (Lipinski definition) is 4. The molecular formula is C24H20N2O2S. The van der Waals surface area contributed by atoms with Crippen LogP contribution in [0.25, 0.3) is 6.08 Å². The van der Waals surface area contributed by atoms with Crippen LogP contribution in [0.2, 0.25) is 0 Å². The highest BCUT2D eigenvalue weighted by Crippen LogP contribution is 2.37. The van der Waals surface area contributed by atoms with Crippen molar-refractivity contribution >= 4 is 40.3 Å². The van der Waals surface area contributed by atoms with Crippen molar-refractivity contribution in [2.75, 3.05) is 4.90 Å². The van der Waals surface area contributed by atoms with Crippen molar-refractivity contribution in [2.45, 2.75) is 13.8 Å². The number of nitrogens with zero attached hydrogens (tertiary/aromatic N) is 2. The van der Waals surface area contributed by atoms with Gasteiger partial charge in [0.1, 0.15) is 5.75 Å². The van der Waals surface area contributed by atoms with Crippen LogP contribution in [-0.2, 0) is 4.79 Å². The third kappa shape index (κ3) is 4.25. The van der Waals surface area contributed by atoms with E-state index in [1.165, 1.54) is 11.8 Å². The molecule has 5 heteroatoms. The van der Waals surface area contributed by atoms with Gasteiger partial charge in [0.2, 0.25) is 0 Å². The minimum absolute atomic E-state index is 0.129. The maximum absolute atomic E-state index is 13.3. The number of anilines is 1. The van der Waals surface area contributed by atoms with Gasteiger partial charge in [0, 0.05) is 0 Å². The maximum atomic E-state index is 13.3. The number of aromatic hydroxyl groups is 1. The molecule has 29 heavy (non-hydrogen) atoms. The molecule has 4 nitrogen and oxygen atoms in total. The summed E-state index contributed by atoms with van der Waals surface area (Å²) in [6.45, 7) is 4.01. The van der Waals surface area contributed by atoms with E-state index in [0.29, 0.717) is 10.1 Å². The fourth-order valence-electron chi connectivity index (χ4n) is 3.12. The Morgan fingerprint density at radius 3 is 2.38 bits per heavy atom. The lowest BCUT2D eigenvalue weighted by Gasteiger charge is -2.16. The van der Waals surface area contributed by atoms with Gasteiger partial charge in [0.25, 0.3) is 5.91 Å². The van der Waals surface area contributed by atoms with Crippen molar-refractivity contribution < 1.29 is 9.90 Å². The van der Waals surface area contributed by atoms with Gasteiger partial charge in [-0.2, -0.15) is 0 Å². The van der Waals surface area contributed by atoms with Crippen molar-refractivity contribution in [1.82, 2.24) is 0 Å². The van der Waals surface area contributed by atoms with Crippen LogP contribution in [0, 0.1) is 13.8 Å². The summed E-state index contributed by atoms with van der Waals surface area (Å²) in [5.41, 5.74) is 4.53. The van der Waals surface area contributed by atoms with Crippen LogP contribution in [0.3, 0.4) is 0 Å².